The predicted octanol–water partition coefficient (Wildman–Crippen LogP) is 3.81. The molecule has 0 aliphatic heterocycles. The second-order valence-electron chi connectivity index (χ2n) is 5.94. The van der Waals surface area contributed by atoms with Crippen LogP contribution in [0.3, 0.4) is 0 Å². The Morgan fingerprint density at radius 2 is 2.07 bits per heavy atom. The van der Waals surface area contributed by atoms with Gasteiger partial charge in [0.05, 0.1) is 24.1 Å². The van der Waals surface area contributed by atoms with Gasteiger partial charge in [-0.05, 0) is 23.8 Å². The van der Waals surface area contributed by atoms with Crippen LogP contribution in [0, 0.1) is 11.3 Å². The lowest BCUT2D eigenvalue weighted by Gasteiger charge is -2.02. The van der Waals surface area contributed by atoms with Crippen molar-refractivity contribution in [1.82, 2.24) is 15.0 Å². The Morgan fingerprint density at radius 1 is 1.19 bits per heavy atom. The maximum absolute atomic E-state index is 9.09. The van der Waals surface area contributed by atoms with Crippen molar-refractivity contribution in [3.63, 3.8) is 0 Å². The summed E-state index contributed by atoms with van der Waals surface area (Å²) in [5.41, 5.74) is 8.59. The highest BCUT2D eigenvalue weighted by molar-refractivity contribution is 7.18. The van der Waals surface area contributed by atoms with Gasteiger partial charge in [-0.1, -0.05) is 18.2 Å². The van der Waals surface area contributed by atoms with Gasteiger partial charge in [0.1, 0.15) is 10.6 Å². The number of methoxy groups -OCH3 is 1. The van der Waals surface area contributed by atoms with E-state index in [4.69, 9.17) is 15.7 Å². The fourth-order valence-electron chi connectivity index (χ4n) is 2.77. The normalized spacial score (nSPS) is 10.7. The quantitative estimate of drug-likeness (QED) is 0.584. The first-order chi connectivity index (χ1) is 13.2. The van der Waals surface area contributed by atoms with Crippen molar-refractivity contribution in [3.05, 3.63) is 64.7 Å². The van der Waals surface area contributed by atoms with Gasteiger partial charge in [-0.25, -0.2) is 15.0 Å². The van der Waals surface area contributed by atoms with Crippen molar-refractivity contribution in [2.45, 2.75) is 6.42 Å². The molecule has 0 radical (unpaired) electrons. The van der Waals surface area contributed by atoms with Crippen molar-refractivity contribution in [2.24, 2.45) is 0 Å². The first kappa shape index (κ1) is 16.9. The number of hydrogen-bond donors (Lipinski definition) is 1. The standard InChI is InChI=1S/C20H15N5OS/c1-26-17-6-5-13(11-23-17)8-15-9-16-18(22)24-19(25-20(16)27-15)14-4-2-3-12(7-14)10-21/h2-7,9,11H,8H2,1H3,(H2,22,24,25). The molecule has 3 aromatic heterocycles. The number of thiophene rings is 1. The number of nitrogens with two attached hydrogens (primary N) is 1. The van der Waals surface area contributed by atoms with E-state index in [-0.39, 0.29) is 0 Å². The molecule has 0 saturated heterocycles. The van der Waals surface area contributed by atoms with E-state index in [1.165, 1.54) is 0 Å². The lowest BCUT2D eigenvalue weighted by Crippen LogP contribution is -1.96. The maximum Gasteiger partial charge on any atom is 0.212 e. The second-order valence-corrected chi connectivity index (χ2v) is 7.06. The Balaban J connectivity index is 1.69. The Hall–Kier alpha value is -3.50. The lowest BCUT2D eigenvalue weighted by molar-refractivity contribution is 0.397. The molecule has 0 saturated carbocycles. The van der Waals surface area contributed by atoms with Gasteiger partial charge in [-0.3, -0.25) is 0 Å². The lowest BCUT2D eigenvalue weighted by atomic mass is 10.1. The molecule has 27 heavy (non-hydrogen) atoms. The zero-order valence-corrected chi connectivity index (χ0v) is 15.3. The minimum absolute atomic E-state index is 0.438. The van der Waals surface area contributed by atoms with Crippen LogP contribution >= 0.6 is 11.3 Å². The van der Waals surface area contributed by atoms with Crippen molar-refractivity contribution >= 4 is 27.4 Å². The Morgan fingerprint density at radius 3 is 2.81 bits per heavy atom. The van der Waals surface area contributed by atoms with E-state index in [1.807, 2.05) is 30.3 Å². The number of nitrogen functional groups attached to an aromatic ring is 1. The SMILES string of the molecule is COc1ccc(Cc2cc3c(N)nc(-c4cccc(C#N)c4)nc3s2)cn1. The number of fused-ring (bicyclic) bond motifs is 1. The predicted molar refractivity (Wildman–Crippen MR) is 106 cm³/mol. The van der Waals surface area contributed by atoms with E-state index >= 15 is 0 Å². The van der Waals surface area contributed by atoms with Gasteiger partial charge in [0.25, 0.3) is 0 Å². The molecule has 0 amide bonds. The minimum Gasteiger partial charge on any atom is -0.481 e. The van der Waals surface area contributed by atoms with E-state index in [9.17, 15) is 0 Å². The van der Waals surface area contributed by atoms with Crippen LogP contribution in [0.5, 0.6) is 5.88 Å². The number of nitrogens with zero attached hydrogens (tertiary/aromatic N) is 4. The van der Waals surface area contributed by atoms with E-state index in [0.29, 0.717) is 23.1 Å². The highest BCUT2D eigenvalue weighted by Gasteiger charge is 2.12. The monoisotopic (exact) mass is 373 g/mol. The number of hydrogen-bond acceptors (Lipinski definition) is 7. The van der Waals surface area contributed by atoms with Crippen LogP contribution in [0.1, 0.15) is 16.0 Å². The summed E-state index contributed by atoms with van der Waals surface area (Å²) in [6, 6.07) is 15.2. The molecule has 132 valence electrons. The summed E-state index contributed by atoms with van der Waals surface area (Å²) in [6.45, 7) is 0. The van der Waals surface area contributed by atoms with Crippen LogP contribution < -0.4 is 10.5 Å². The van der Waals surface area contributed by atoms with Crippen molar-refractivity contribution in [1.29, 1.82) is 5.26 Å². The molecular formula is C20H15N5OS. The molecule has 4 rings (SSSR count). The summed E-state index contributed by atoms with van der Waals surface area (Å²) in [5, 5.41) is 9.93. The molecule has 1 aromatic carbocycles. The average Bonchev–Trinajstić information content (AvgIpc) is 3.11. The largest absolute Gasteiger partial charge is 0.481 e. The molecule has 0 atom stereocenters. The summed E-state index contributed by atoms with van der Waals surface area (Å²) < 4.78 is 5.09. The van der Waals surface area contributed by atoms with Crippen LogP contribution in [-0.4, -0.2) is 22.1 Å². The van der Waals surface area contributed by atoms with Crippen LogP contribution in [0.25, 0.3) is 21.6 Å². The molecule has 0 spiro atoms. The molecule has 2 N–H and O–H groups in total. The molecule has 0 aliphatic rings. The number of aromatic nitrogens is 3. The van der Waals surface area contributed by atoms with E-state index < -0.39 is 0 Å². The number of anilines is 1. The topological polar surface area (TPSA) is 97.7 Å². The van der Waals surface area contributed by atoms with Gasteiger partial charge >= 0.3 is 0 Å². The molecule has 0 bridgehead atoms. The third-order valence-corrected chi connectivity index (χ3v) is 5.14. The zero-order chi connectivity index (χ0) is 18.8. The van der Waals surface area contributed by atoms with Crippen LogP contribution in [0.4, 0.5) is 5.82 Å². The first-order valence-electron chi connectivity index (χ1n) is 8.21. The van der Waals surface area contributed by atoms with Crippen molar-refractivity contribution in [3.8, 4) is 23.3 Å². The summed E-state index contributed by atoms with van der Waals surface area (Å²) in [5.74, 6) is 1.55. The second kappa shape index (κ2) is 7.02. The van der Waals surface area contributed by atoms with E-state index in [0.717, 1.165) is 32.6 Å². The van der Waals surface area contributed by atoms with Gasteiger partial charge < -0.3 is 10.5 Å². The summed E-state index contributed by atoms with van der Waals surface area (Å²) >= 11 is 1.58. The third kappa shape index (κ3) is 3.43. The van der Waals surface area contributed by atoms with E-state index in [2.05, 4.69) is 21.0 Å². The van der Waals surface area contributed by atoms with Gasteiger partial charge in [0.15, 0.2) is 5.82 Å². The van der Waals surface area contributed by atoms with Crippen LogP contribution in [0.15, 0.2) is 48.7 Å². The Bertz CT molecular complexity index is 1160. The number of rotatable bonds is 4. The van der Waals surface area contributed by atoms with Crippen molar-refractivity contribution in [2.75, 3.05) is 12.8 Å². The number of nitriles is 1. The highest BCUT2D eigenvalue weighted by atomic mass is 32.1. The Kier molecular flexibility index (Phi) is 4.40. The van der Waals surface area contributed by atoms with Gasteiger partial charge in [0.2, 0.25) is 5.88 Å². The van der Waals surface area contributed by atoms with Crippen LogP contribution in [0.2, 0.25) is 0 Å². The minimum atomic E-state index is 0.438. The first-order valence-corrected chi connectivity index (χ1v) is 9.03. The number of benzene rings is 1. The van der Waals surface area contributed by atoms with Crippen molar-refractivity contribution < 1.29 is 4.74 Å². The molecule has 0 aliphatic carbocycles. The molecule has 4 aromatic rings. The highest BCUT2D eigenvalue weighted by Crippen LogP contribution is 2.31. The van der Waals surface area contributed by atoms with Gasteiger partial charge in [0, 0.05) is 29.1 Å². The fraction of sp³-hybridized carbons (Fsp3) is 0.100. The van der Waals surface area contributed by atoms with Crippen LogP contribution in [-0.2, 0) is 6.42 Å². The number of ether oxygens (including phenoxy) is 1. The number of pyridine rings is 1. The molecular weight excluding hydrogens is 358 g/mol. The molecule has 3 heterocycles. The van der Waals surface area contributed by atoms with Gasteiger partial charge in [-0.2, -0.15) is 5.26 Å². The Labute approximate surface area is 159 Å². The summed E-state index contributed by atoms with van der Waals surface area (Å²) in [7, 11) is 1.60. The smallest absolute Gasteiger partial charge is 0.212 e. The molecule has 0 fully saturated rings. The zero-order valence-electron chi connectivity index (χ0n) is 14.5. The average molecular weight is 373 g/mol. The summed E-state index contributed by atoms with van der Waals surface area (Å²) in [6.07, 6.45) is 2.54. The molecule has 0 unspecified atom stereocenters. The fourth-order valence-corrected chi connectivity index (χ4v) is 3.84. The third-order valence-electron chi connectivity index (χ3n) is 4.11. The summed E-state index contributed by atoms with van der Waals surface area (Å²) in [4.78, 5) is 15.3. The molecule has 6 nitrogen and oxygen atoms in total. The van der Waals surface area contributed by atoms with Gasteiger partial charge in [-0.15, -0.1) is 11.3 Å². The maximum atomic E-state index is 9.09. The molecule has 7 heteroatoms. The van der Waals surface area contributed by atoms with E-state index in [1.54, 1.807) is 36.8 Å².